The van der Waals surface area contributed by atoms with Gasteiger partial charge in [-0.15, -0.1) is 0 Å². The number of halogens is 1. The van der Waals surface area contributed by atoms with Crippen LogP contribution in [0.2, 0.25) is 0 Å². The van der Waals surface area contributed by atoms with Crippen LogP contribution in [-0.4, -0.2) is 67.0 Å². The molecule has 1 aliphatic heterocycles. The van der Waals surface area contributed by atoms with Gasteiger partial charge in [0, 0.05) is 32.6 Å². The number of benzene rings is 1. The van der Waals surface area contributed by atoms with Gasteiger partial charge in [-0.1, -0.05) is 12.1 Å². The first-order valence-corrected chi connectivity index (χ1v) is 9.20. The Bertz CT molecular complexity index is 643. The molecule has 0 radical (unpaired) electrons. The molecule has 0 saturated carbocycles. The van der Waals surface area contributed by atoms with Gasteiger partial charge in [0.05, 0.1) is 13.2 Å². The zero-order chi connectivity index (χ0) is 19.6. The zero-order valence-electron chi connectivity index (χ0n) is 15.6. The fourth-order valence-corrected chi connectivity index (χ4v) is 2.83. The lowest BCUT2D eigenvalue weighted by molar-refractivity contribution is -0.134. The first-order chi connectivity index (χ1) is 13.0. The first-order valence-electron chi connectivity index (χ1n) is 9.20. The summed E-state index contributed by atoms with van der Waals surface area (Å²) in [5.41, 5.74) is 0.972. The molecule has 1 heterocycles. The maximum absolute atomic E-state index is 12.8. The van der Waals surface area contributed by atoms with E-state index in [-0.39, 0.29) is 30.3 Å². The number of nitrogens with one attached hydrogen (secondary N) is 1. The SMILES string of the molecule is CCOC(=O)N1CCN(C(=O)CNC(=O)CCCc2ccc(F)cc2)CC1. The van der Waals surface area contributed by atoms with Crippen molar-refractivity contribution in [3.8, 4) is 0 Å². The molecular formula is C19H26FN3O4. The van der Waals surface area contributed by atoms with Crippen LogP contribution in [0.15, 0.2) is 24.3 Å². The van der Waals surface area contributed by atoms with Crippen LogP contribution >= 0.6 is 0 Å². The smallest absolute Gasteiger partial charge is 0.409 e. The van der Waals surface area contributed by atoms with Crippen LogP contribution in [-0.2, 0) is 20.7 Å². The molecule has 0 atom stereocenters. The molecule has 3 amide bonds. The minimum absolute atomic E-state index is 0.0468. The van der Waals surface area contributed by atoms with E-state index in [0.717, 1.165) is 5.56 Å². The van der Waals surface area contributed by atoms with Crippen molar-refractivity contribution in [2.75, 3.05) is 39.3 Å². The summed E-state index contributed by atoms with van der Waals surface area (Å²) in [6.07, 6.45) is 1.25. The molecule has 1 aliphatic rings. The summed E-state index contributed by atoms with van der Waals surface area (Å²) < 4.78 is 17.8. The third-order valence-corrected chi connectivity index (χ3v) is 4.38. The number of aryl methyl sites for hydroxylation is 1. The van der Waals surface area contributed by atoms with Gasteiger partial charge in [-0.3, -0.25) is 9.59 Å². The summed E-state index contributed by atoms with van der Waals surface area (Å²) in [5.74, 6) is -0.626. The van der Waals surface area contributed by atoms with Crippen LogP contribution < -0.4 is 5.32 Å². The molecule has 1 aromatic rings. The van der Waals surface area contributed by atoms with Gasteiger partial charge in [-0.2, -0.15) is 0 Å². The molecule has 1 fully saturated rings. The number of hydrogen-bond acceptors (Lipinski definition) is 4. The molecule has 1 N–H and O–H groups in total. The molecular weight excluding hydrogens is 353 g/mol. The van der Waals surface area contributed by atoms with E-state index in [1.165, 1.54) is 12.1 Å². The van der Waals surface area contributed by atoms with E-state index < -0.39 is 0 Å². The molecule has 148 valence electrons. The molecule has 1 saturated heterocycles. The maximum Gasteiger partial charge on any atom is 0.409 e. The lowest BCUT2D eigenvalue weighted by Gasteiger charge is -2.34. The normalized spacial score (nSPS) is 14.0. The van der Waals surface area contributed by atoms with Crippen molar-refractivity contribution in [1.29, 1.82) is 0 Å². The maximum atomic E-state index is 12.8. The van der Waals surface area contributed by atoms with Gasteiger partial charge in [0.15, 0.2) is 0 Å². The Morgan fingerprint density at radius 3 is 2.33 bits per heavy atom. The highest BCUT2D eigenvalue weighted by atomic mass is 19.1. The second-order valence-corrected chi connectivity index (χ2v) is 6.32. The van der Waals surface area contributed by atoms with Crippen LogP contribution in [0.5, 0.6) is 0 Å². The summed E-state index contributed by atoms with van der Waals surface area (Å²) in [6.45, 7) is 3.74. The fraction of sp³-hybridized carbons (Fsp3) is 0.526. The van der Waals surface area contributed by atoms with E-state index in [0.29, 0.717) is 52.0 Å². The van der Waals surface area contributed by atoms with E-state index in [1.807, 2.05) is 0 Å². The molecule has 7 nitrogen and oxygen atoms in total. The third-order valence-electron chi connectivity index (χ3n) is 4.38. The number of rotatable bonds is 7. The number of amides is 3. The Balaban J connectivity index is 1.61. The quantitative estimate of drug-likeness (QED) is 0.780. The Morgan fingerprint density at radius 2 is 1.70 bits per heavy atom. The number of hydrogen-bond donors (Lipinski definition) is 1. The highest BCUT2D eigenvalue weighted by molar-refractivity contribution is 5.84. The van der Waals surface area contributed by atoms with Gasteiger partial charge in [-0.05, 0) is 37.5 Å². The fourth-order valence-electron chi connectivity index (χ4n) is 2.83. The van der Waals surface area contributed by atoms with Gasteiger partial charge >= 0.3 is 6.09 Å². The van der Waals surface area contributed by atoms with E-state index in [9.17, 15) is 18.8 Å². The minimum atomic E-state index is -0.362. The lowest BCUT2D eigenvalue weighted by Crippen LogP contribution is -2.52. The van der Waals surface area contributed by atoms with Gasteiger partial charge in [0.1, 0.15) is 5.82 Å². The summed E-state index contributed by atoms with van der Waals surface area (Å²) in [7, 11) is 0. The summed E-state index contributed by atoms with van der Waals surface area (Å²) >= 11 is 0. The summed E-state index contributed by atoms with van der Waals surface area (Å²) in [6, 6.07) is 6.20. The van der Waals surface area contributed by atoms with Crippen LogP contribution in [0.25, 0.3) is 0 Å². The molecule has 8 heteroatoms. The highest BCUT2D eigenvalue weighted by Gasteiger charge is 2.24. The average Bonchev–Trinajstić information content (AvgIpc) is 2.68. The second kappa shape index (κ2) is 10.5. The van der Waals surface area contributed by atoms with E-state index in [4.69, 9.17) is 4.74 Å². The van der Waals surface area contributed by atoms with E-state index >= 15 is 0 Å². The molecule has 0 unspecified atom stereocenters. The first kappa shape index (κ1) is 20.7. The predicted octanol–water partition coefficient (Wildman–Crippen LogP) is 1.57. The Hall–Kier alpha value is -2.64. The van der Waals surface area contributed by atoms with Crippen LogP contribution in [0.4, 0.5) is 9.18 Å². The molecule has 2 rings (SSSR count). The van der Waals surface area contributed by atoms with Crippen molar-refractivity contribution >= 4 is 17.9 Å². The number of carbonyl (C=O) groups is 3. The molecule has 1 aromatic carbocycles. The molecule has 27 heavy (non-hydrogen) atoms. The van der Waals surface area contributed by atoms with Gasteiger partial charge in [-0.25, -0.2) is 9.18 Å². The van der Waals surface area contributed by atoms with E-state index in [1.54, 1.807) is 28.9 Å². The van der Waals surface area contributed by atoms with Crippen molar-refractivity contribution in [2.24, 2.45) is 0 Å². The molecule has 0 spiro atoms. The second-order valence-electron chi connectivity index (χ2n) is 6.32. The Kier molecular flexibility index (Phi) is 8.03. The highest BCUT2D eigenvalue weighted by Crippen LogP contribution is 2.07. The Morgan fingerprint density at radius 1 is 1.07 bits per heavy atom. The topological polar surface area (TPSA) is 79.0 Å². The lowest BCUT2D eigenvalue weighted by atomic mass is 10.1. The van der Waals surface area contributed by atoms with Crippen molar-refractivity contribution in [1.82, 2.24) is 15.1 Å². The molecule has 0 aromatic heterocycles. The van der Waals surface area contributed by atoms with Crippen LogP contribution in [0.3, 0.4) is 0 Å². The van der Waals surface area contributed by atoms with Gasteiger partial charge in [0.25, 0.3) is 0 Å². The van der Waals surface area contributed by atoms with Gasteiger partial charge < -0.3 is 19.9 Å². The number of ether oxygens (including phenoxy) is 1. The standard InChI is InChI=1S/C19H26FN3O4/c1-2-27-19(26)23-12-10-22(11-13-23)18(25)14-21-17(24)5-3-4-15-6-8-16(20)9-7-15/h6-9H,2-5,10-14H2,1H3,(H,21,24). The van der Waals surface area contributed by atoms with Crippen molar-refractivity contribution in [3.63, 3.8) is 0 Å². The number of nitrogens with zero attached hydrogens (tertiary/aromatic N) is 2. The Labute approximate surface area is 158 Å². The predicted molar refractivity (Wildman–Crippen MR) is 97.5 cm³/mol. The molecule has 0 bridgehead atoms. The summed E-state index contributed by atoms with van der Waals surface area (Å²) in [4.78, 5) is 38.9. The minimum Gasteiger partial charge on any atom is -0.450 e. The molecule has 0 aliphatic carbocycles. The largest absolute Gasteiger partial charge is 0.450 e. The van der Waals surface area contributed by atoms with Crippen molar-refractivity contribution < 1.29 is 23.5 Å². The van der Waals surface area contributed by atoms with Crippen LogP contribution in [0.1, 0.15) is 25.3 Å². The van der Waals surface area contributed by atoms with Crippen molar-refractivity contribution in [2.45, 2.75) is 26.2 Å². The third kappa shape index (κ3) is 6.88. The van der Waals surface area contributed by atoms with Crippen molar-refractivity contribution in [3.05, 3.63) is 35.6 Å². The van der Waals surface area contributed by atoms with E-state index in [2.05, 4.69) is 5.32 Å². The average molecular weight is 379 g/mol. The van der Waals surface area contributed by atoms with Crippen LogP contribution in [0, 0.1) is 5.82 Å². The number of carbonyl (C=O) groups excluding carboxylic acids is 3. The number of piperazine rings is 1. The van der Waals surface area contributed by atoms with Gasteiger partial charge in [0.2, 0.25) is 11.8 Å². The summed E-state index contributed by atoms with van der Waals surface area (Å²) in [5, 5.41) is 2.63. The zero-order valence-corrected chi connectivity index (χ0v) is 15.6. The monoisotopic (exact) mass is 379 g/mol.